The van der Waals surface area contributed by atoms with Crippen LogP contribution in [0.25, 0.3) is 22.2 Å². The molecule has 2 aliphatic heterocycles. The molecule has 0 atom stereocenters. The van der Waals surface area contributed by atoms with Crippen molar-refractivity contribution in [2.24, 2.45) is 0 Å². The van der Waals surface area contributed by atoms with E-state index < -0.39 is 11.5 Å². The molecule has 130 valence electrons. The Morgan fingerprint density at radius 2 is 2.15 bits per heavy atom. The number of aromatic amines is 1. The molecule has 0 saturated carbocycles. The standard InChI is InChI=1S/C17H12ClN5O3/c1-26-17(25)12-8-23(7-11-15(12)20-21-16(11)24)22-13-4-5-19-14-6-9(18)2-3-10(13)14/h2-8H,1H3,(H,19,22)(H,21,24). The number of esters is 1. The van der Waals surface area contributed by atoms with Crippen LogP contribution in [0.3, 0.4) is 0 Å². The maximum Gasteiger partial charge on any atom is 0.341 e. The fraction of sp³-hybridized carbons (Fsp3) is 0.0588. The van der Waals surface area contributed by atoms with Crippen LogP contribution in [0, 0.1) is 0 Å². The van der Waals surface area contributed by atoms with Gasteiger partial charge in [0.05, 0.1) is 23.9 Å². The van der Waals surface area contributed by atoms with Gasteiger partial charge < -0.3 is 4.74 Å². The van der Waals surface area contributed by atoms with E-state index in [1.165, 1.54) is 18.0 Å². The molecule has 2 N–H and O–H groups in total. The first-order chi connectivity index (χ1) is 12.6. The minimum atomic E-state index is -0.594. The van der Waals surface area contributed by atoms with E-state index in [-0.39, 0.29) is 16.8 Å². The zero-order valence-corrected chi connectivity index (χ0v) is 14.2. The maximum atomic E-state index is 12.0. The summed E-state index contributed by atoms with van der Waals surface area (Å²) in [6.45, 7) is 0. The molecular formula is C17H12ClN5O3. The smallest absolute Gasteiger partial charge is 0.341 e. The van der Waals surface area contributed by atoms with Gasteiger partial charge in [0.15, 0.2) is 0 Å². The number of aromatic nitrogens is 4. The monoisotopic (exact) mass is 369 g/mol. The summed E-state index contributed by atoms with van der Waals surface area (Å²) < 4.78 is 6.29. The zero-order chi connectivity index (χ0) is 18.3. The minimum absolute atomic E-state index is 0.164. The van der Waals surface area contributed by atoms with Crippen molar-refractivity contribution in [3.8, 4) is 11.3 Å². The van der Waals surface area contributed by atoms with Gasteiger partial charge in [-0.2, -0.15) is 5.10 Å². The van der Waals surface area contributed by atoms with Crippen LogP contribution < -0.4 is 11.0 Å². The summed E-state index contributed by atoms with van der Waals surface area (Å²) in [5.41, 5.74) is 4.87. The first-order valence-corrected chi connectivity index (χ1v) is 7.94. The molecule has 0 unspecified atom stereocenters. The van der Waals surface area contributed by atoms with E-state index in [1.807, 2.05) is 6.07 Å². The third kappa shape index (κ3) is 2.66. The SMILES string of the molecule is COC(=O)c1cn(Nc2ccnc3cc(Cl)ccc23)cc2c(=O)[nH]nc1-2. The number of H-pyrrole nitrogens is 1. The number of pyridine rings is 2. The van der Waals surface area contributed by atoms with E-state index >= 15 is 0 Å². The average molecular weight is 370 g/mol. The molecule has 0 saturated heterocycles. The Labute approximate surface area is 151 Å². The van der Waals surface area contributed by atoms with Gasteiger partial charge in [0.1, 0.15) is 11.3 Å². The largest absolute Gasteiger partial charge is 0.465 e. The summed E-state index contributed by atoms with van der Waals surface area (Å²) in [7, 11) is 1.27. The van der Waals surface area contributed by atoms with Gasteiger partial charge in [-0.1, -0.05) is 11.6 Å². The molecule has 0 aliphatic carbocycles. The normalized spacial score (nSPS) is 11.0. The Balaban J connectivity index is 1.85. The second-order valence-corrected chi connectivity index (χ2v) is 5.95. The van der Waals surface area contributed by atoms with Gasteiger partial charge >= 0.3 is 5.97 Å². The van der Waals surface area contributed by atoms with Crippen molar-refractivity contribution in [3.63, 3.8) is 0 Å². The number of benzene rings is 1. The van der Waals surface area contributed by atoms with Crippen molar-refractivity contribution in [2.45, 2.75) is 0 Å². The van der Waals surface area contributed by atoms with Gasteiger partial charge in [-0.3, -0.25) is 19.9 Å². The summed E-state index contributed by atoms with van der Waals surface area (Å²) in [6.07, 6.45) is 4.70. The van der Waals surface area contributed by atoms with Crippen molar-refractivity contribution in [2.75, 3.05) is 12.5 Å². The lowest BCUT2D eigenvalue weighted by atomic mass is 10.1. The molecule has 0 spiro atoms. The number of carbonyl (C=O) groups excluding carboxylic acids is 1. The molecular weight excluding hydrogens is 358 g/mol. The van der Waals surface area contributed by atoms with Crippen LogP contribution in [0.1, 0.15) is 10.4 Å². The van der Waals surface area contributed by atoms with Gasteiger partial charge in [0.2, 0.25) is 0 Å². The minimum Gasteiger partial charge on any atom is -0.465 e. The van der Waals surface area contributed by atoms with Gasteiger partial charge in [0.25, 0.3) is 5.56 Å². The van der Waals surface area contributed by atoms with Crippen molar-refractivity contribution < 1.29 is 9.53 Å². The predicted molar refractivity (Wildman–Crippen MR) is 96.6 cm³/mol. The summed E-state index contributed by atoms with van der Waals surface area (Å²) in [5.74, 6) is -0.594. The van der Waals surface area contributed by atoms with Crippen LogP contribution >= 0.6 is 11.6 Å². The van der Waals surface area contributed by atoms with Gasteiger partial charge in [-0.15, -0.1) is 0 Å². The number of ether oxygens (including phenoxy) is 1. The molecule has 9 heteroatoms. The lowest BCUT2D eigenvalue weighted by Crippen LogP contribution is -2.16. The highest BCUT2D eigenvalue weighted by molar-refractivity contribution is 6.31. The van der Waals surface area contributed by atoms with Crippen LogP contribution in [0.2, 0.25) is 5.02 Å². The first-order valence-electron chi connectivity index (χ1n) is 7.57. The number of nitrogens with zero attached hydrogens (tertiary/aromatic N) is 3. The molecule has 8 nitrogen and oxygen atoms in total. The lowest BCUT2D eigenvalue weighted by Gasteiger charge is -2.15. The fourth-order valence-electron chi connectivity index (χ4n) is 2.72. The highest BCUT2D eigenvalue weighted by Crippen LogP contribution is 2.26. The number of nitrogens with one attached hydrogen (secondary N) is 2. The maximum absolute atomic E-state index is 12.0. The molecule has 0 radical (unpaired) electrons. The second-order valence-electron chi connectivity index (χ2n) is 5.52. The molecule has 0 amide bonds. The quantitative estimate of drug-likeness (QED) is 0.538. The Bertz CT molecular complexity index is 1170. The molecule has 1 aromatic heterocycles. The van der Waals surface area contributed by atoms with E-state index in [2.05, 4.69) is 20.6 Å². The average Bonchev–Trinajstić information content (AvgIpc) is 3.01. The zero-order valence-electron chi connectivity index (χ0n) is 13.5. The Kier molecular flexibility index (Phi) is 3.81. The second kappa shape index (κ2) is 6.16. The van der Waals surface area contributed by atoms with Crippen LogP contribution in [0.5, 0.6) is 0 Å². The van der Waals surface area contributed by atoms with Crippen molar-refractivity contribution in [1.29, 1.82) is 0 Å². The topological polar surface area (TPSA) is 102 Å². The third-order valence-electron chi connectivity index (χ3n) is 3.92. The highest BCUT2D eigenvalue weighted by atomic mass is 35.5. The van der Waals surface area contributed by atoms with E-state index in [4.69, 9.17) is 16.3 Å². The van der Waals surface area contributed by atoms with Crippen LogP contribution in [0.4, 0.5) is 5.69 Å². The van der Waals surface area contributed by atoms with Crippen LogP contribution in [-0.2, 0) is 4.74 Å². The number of methoxy groups -OCH3 is 1. The number of halogens is 1. The predicted octanol–water partition coefficient (Wildman–Crippen LogP) is 2.54. The summed E-state index contributed by atoms with van der Waals surface area (Å²) in [5, 5.41) is 7.65. The van der Waals surface area contributed by atoms with Crippen molar-refractivity contribution >= 4 is 34.2 Å². The molecule has 3 heterocycles. The summed E-state index contributed by atoms with van der Waals surface area (Å²) in [4.78, 5) is 28.3. The van der Waals surface area contributed by atoms with E-state index in [0.29, 0.717) is 10.5 Å². The fourth-order valence-corrected chi connectivity index (χ4v) is 2.88. The van der Waals surface area contributed by atoms with E-state index in [0.717, 1.165) is 11.1 Å². The summed E-state index contributed by atoms with van der Waals surface area (Å²) in [6, 6.07) is 7.13. The number of fused-ring (bicyclic) bond motifs is 2. The molecule has 2 aliphatic rings. The van der Waals surface area contributed by atoms with E-state index in [9.17, 15) is 9.59 Å². The molecule has 26 heavy (non-hydrogen) atoms. The van der Waals surface area contributed by atoms with Gasteiger partial charge in [-0.05, 0) is 24.3 Å². The van der Waals surface area contributed by atoms with Crippen LogP contribution in [-0.4, -0.2) is 32.9 Å². The third-order valence-corrected chi connectivity index (χ3v) is 4.16. The summed E-state index contributed by atoms with van der Waals surface area (Å²) >= 11 is 6.01. The number of hydrogen-bond acceptors (Lipinski definition) is 6. The molecule has 1 aromatic carbocycles. The number of anilines is 1. The van der Waals surface area contributed by atoms with Gasteiger partial charge in [0, 0.05) is 29.0 Å². The highest BCUT2D eigenvalue weighted by Gasteiger charge is 2.22. The molecule has 0 fully saturated rings. The first kappa shape index (κ1) is 16.1. The molecule has 2 aromatic rings. The lowest BCUT2D eigenvalue weighted by molar-refractivity contribution is 0.0600. The number of carbonyl (C=O) groups is 1. The number of hydrogen-bond donors (Lipinski definition) is 2. The Morgan fingerprint density at radius 1 is 1.31 bits per heavy atom. The van der Waals surface area contributed by atoms with Gasteiger partial charge in [-0.25, -0.2) is 9.89 Å². The van der Waals surface area contributed by atoms with E-state index in [1.54, 1.807) is 30.6 Å². The van der Waals surface area contributed by atoms with Crippen molar-refractivity contribution in [3.05, 3.63) is 63.8 Å². The Hall–Kier alpha value is -3.39. The molecule has 4 rings (SSSR count). The van der Waals surface area contributed by atoms with Crippen LogP contribution in [0.15, 0.2) is 47.7 Å². The molecule has 0 bridgehead atoms. The number of rotatable bonds is 3. The van der Waals surface area contributed by atoms with Crippen molar-refractivity contribution in [1.82, 2.24) is 19.9 Å². The Morgan fingerprint density at radius 3 is 2.96 bits per heavy atom.